The van der Waals surface area contributed by atoms with E-state index in [1.165, 1.54) is 6.07 Å². The summed E-state index contributed by atoms with van der Waals surface area (Å²) < 4.78 is 62.3. The summed E-state index contributed by atoms with van der Waals surface area (Å²) in [5.74, 6) is -0.257. The molecule has 1 aromatic carbocycles. The van der Waals surface area contributed by atoms with Gasteiger partial charge in [0.25, 0.3) is 6.43 Å². The van der Waals surface area contributed by atoms with Crippen LogP contribution in [0.15, 0.2) is 24.3 Å². The minimum atomic E-state index is -4.35. The molecule has 2 rings (SSSR count). The molecule has 1 aliphatic rings. The van der Waals surface area contributed by atoms with Crippen molar-refractivity contribution >= 4 is 5.91 Å². The Labute approximate surface area is 143 Å². The van der Waals surface area contributed by atoms with Gasteiger partial charge in [-0.25, -0.2) is 8.78 Å². The predicted molar refractivity (Wildman–Crippen MR) is 83.1 cm³/mol. The Hall–Kier alpha value is -1.70. The van der Waals surface area contributed by atoms with Gasteiger partial charge in [0.1, 0.15) is 0 Å². The minimum absolute atomic E-state index is 0.121. The normalized spacial score (nSPS) is 17.0. The molecule has 8 heteroatoms. The average molecular weight is 364 g/mol. The van der Waals surface area contributed by atoms with Crippen LogP contribution in [0.1, 0.15) is 30.4 Å². The van der Waals surface area contributed by atoms with Crippen LogP contribution in [-0.4, -0.2) is 36.9 Å². The van der Waals surface area contributed by atoms with Gasteiger partial charge >= 0.3 is 6.18 Å². The molecule has 140 valence electrons. The second kappa shape index (κ2) is 8.60. The molecule has 1 fully saturated rings. The number of likely N-dealkylation sites (tertiary alicyclic amines) is 1. The van der Waals surface area contributed by atoms with E-state index in [9.17, 15) is 26.7 Å². The van der Waals surface area contributed by atoms with Crippen LogP contribution >= 0.6 is 0 Å². The molecule has 3 nitrogen and oxygen atoms in total. The molecule has 0 unspecified atom stereocenters. The fourth-order valence-corrected chi connectivity index (χ4v) is 2.98. The highest BCUT2D eigenvalue weighted by Gasteiger charge is 2.30. The van der Waals surface area contributed by atoms with Gasteiger partial charge in [0.05, 0.1) is 12.1 Å². The van der Waals surface area contributed by atoms with Crippen molar-refractivity contribution < 1.29 is 26.7 Å². The lowest BCUT2D eigenvalue weighted by atomic mass is 9.93. The fourth-order valence-electron chi connectivity index (χ4n) is 2.98. The summed E-state index contributed by atoms with van der Waals surface area (Å²) >= 11 is 0. The van der Waals surface area contributed by atoms with Gasteiger partial charge in [-0.3, -0.25) is 9.69 Å². The molecule has 1 saturated heterocycles. The topological polar surface area (TPSA) is 32.3 Å². The molecule has 0 bridgehead atoms. The number of hydrogen-bond acceptors (Lipinski definition) is 2. The van der Waals surface area contributed by atoms with Gasteiger partial charge in [-0.1, -0.05) is 18.2 Å². The lowest BCUT2D eigenvalue weighted by Crippen LogP contribution is -2.36. The van der Waals surface area contributed by atoms with Gasteiger partial charge in [-0.2, -0.15) is 13.2 Å². The number of halogens is 5. The Morgan fingerprint density at radius 2 is 1.92 bits per heavy atom. The molecule has 0 spiro atoms. The molecule has 0 atom stereocenters. The number of rotatable bonds is 6. The van der Waals surface area contributed by atoms with Gasteiger partial charge in [-0.15, -0.1) is 0 Å². The van der Waals surface area contributed by atoms with Crippen molar-refractivity contribution in [1.82, 2.24) is 10.2 Å². The van der Waals surface area contributed by atoms with Crippen LogP contribution in [0.4, 0.5) is 22.0 Å². The maximum absolute atomic E-state index is 12.7. The third kappa shape index (κ3) is 6.61. The Balaban J connectivity index is 1.78. The van der Waals surface area contributed by atoms with Crippen molar-refractivity contribution in [2.45, 2.75) is 38.4 Å². The van der Waals surface area contributed by atoms with Crippen molar-refractivity contribution in [2.24, 2.45) is 5.92 Å². The zero-order valence-electron chi connectivity index (χ0n) is 13.7. The number of hydrogen-bond donors (Lipinski definition) is 1. The summed E-state index contributed by atoms with van der Waals surface area (Å²) in [7, 11) is 0. The molecule has 25 heavy (non-hydrogen) atoms. The van der Waals surface area contributed by atoms with Crippen LogP contribution in [0.25, 0.3) is 0 Å². The van der Waals surface area contributed by atoms with Crippen LogP contribution in [-0.2, 0) is 17.5 Å². The first-order valence-corrected chi connectivity index (χ1v) is 8.17. The Kier molecular flexibility index (Phi) is 6.75. The van der Waals surface area contributed by atoms with E-state index < -0.39 is 24.7 Å². The summed E-state index contributed by atoms with van der Waals surface area (Å²) in [6, 6.07) is 5.27. The fraction of sp³-hybridized carbons (Fsp3) is 0.588. The maximum atomic E-state index is 12.7. The molecule has 0 aliphatic carbocycles. The van der Waals surface area contributed by atoms with E-state index in [0.29, 0.717) is 25.2 Å². The number of piperidine rings is 1. The van der Waals surface area contributed by atoms with Crippen LogP contribution in [0, 0.1) is 5.92 Å². The lowest BCUT2D eigenvalue weighted by molar-refractivity contribution is -0.137. The molecule has 1 N–H and O–H groups in total. The van der Waals surface area contributed by atoms with Crippen molar-refractivity contribution in [3.05, 3.63) is 35.4 Å². The predicted octanol–water partition coefficient (Wildman–Crippen LogP) is 3.69. The smallest absolute Gasteiger partial charge is 0.350 e. The first-order chi connectivity index (χ1) is 11.7. The highest BCUT2D eigenvalue weighted by atomic mass is 19.4. The van der Waals surface area contributed by atoms with E-state index in [2.05, 4.69) is 5.32 Å². The zero-order valence-corrected chi connectivity index (χ0v) is 13.7. The molecule has 0 radical (unpaired) electrons. The third-order valence-corrected chi connectivity index (χ3v) is 4.30. The number of alkyl halides is 5. The molecular formula is C17H21F5N2O. The van der Waals surface area contributed by atoms with Gasteiger partial charge in [0.15, 0.2) is 0 Å². The summed E-state index contributed by atoms with van der Waals surface area (Å²) in [4.78, 5) is 13.6. The van der Waals surface area contributed by atoms with Gasteiger partial charge in [0, 0.05) is 13.0 Å². The SMILES string of the molecule is O=C(CC1CCN(Cc2cccc(C(F)(F)F)c2)CC1)NCC(F)F. The molecule has 1 aromatic rings. The summed E-state index contributed by atoms with van der Waals surface area (Å²) in [6.07, 6.45) is -5.25. The largest absolute Gasteiger partial charge is 0.416 e. The van der Waals surface area contributed by atoms with Crippen LogP contribution in [0.2, 0.25) is 0 Å². The Morgan fingerprint density at radius 1 is 1.24 bits per heavy atom. The number of nitrogens with zero attached hydrogens (tertiary/aromatic N) is 1. The quantitative estimate of drug-likeness (QED) is 0.781. The maximum Gasteiger partial charge on any atom is 0.416 e. The van der Waals surface area contributed by atoms with E-state index in [1.807, 2.05) is 4.90 Å². The summed E-state index contributed by atoms with van der Waals surface area (Å²) in [5.41, 5.74) is -0.0569. The number of amides is 1. The Bertz CT molecular complexity index is 568. The van der Waals surface area contributed by atoms with E-state index in [0.717, 1.165) is 25.0 Å². The second-order valence-electron chi connectivity index (χ2n) is 6.32. The highest BCUT2D eigenvalue weighted by Crippen LogP contribution is 2.30. The first-order valence-electron chi connectivity index (χ1n) is 8.17. The van der Waals surface area contributed by atoms with Crippen LogP contribution in [0.3, 0.4) is 0 Å². The number of carbonyl (C=O) groups is 1. The minimum Gasteiger partial charge on any atom is -0.350 e. The van der Waals surface area contributed by atoms with Crippen molar-refractivity contribution in [3.63, 3.8) is 0 Å². The molecule has 1 aliphatic heterocycles. The van der Waals surface area contributed by atoms with E-state index in [-0.39, 0.29) is 18.2 Å². The monoisotopic (exact) mass is 364 g/mol. The summed E-state index contributed by atoms with van der Waals surface area (Å²) in [5, 5.41) is 2.19. The number of benzene rings is 1. The summed E-state index contributed by atoms with van der Waals surface area (Å²) in [6.45, 7) is 1.13. The molecule has 0 aromatic heterocycles. The highest BCUT2D eigenvalue weighted by molar-refractivity contribution is 5.76. The molecule has 1 amide bonds. The van der Waals surface area contributed by atoms with Crippen LogP contribution in [0.5, 0.6) is 0 Å². The zero-order chi connectivity index (χ0) is 18.4. The standard InChI is InChI=1S/C17H21F5N2O/c18-15(19)10-23-16(25)9-12-4-6-24(7-5-12)11-13-2-1-3-14(8-13)17(20,21)22/h1-3,8,12,15H,4-7,9-11H2,(H,23,25). The van der Waals surface area contributed by atoms with Crippen LogP contribution < -0.4 is 5.32 Å². The van der Waals surface area contributed by atoms with Crippen molar-refractivity contribution in [3.8, 4) is 0 Å². The molecule has 0 saturated carbocycles. The Morgan fingerprint density at radius 3 is 2.52 bits per heavy atom. The second-order valence-corrected chi connectivity index (χ2v) is 6.32. The van der Waals surface area contributed by atoms with E-state index >= 15 is 0 Å². The molecule has 1 heterocycles. The van der Waals surface area contributed by atoms with Crippen molar-refractivity contribution in [2.75, 3.05) is 19.6 Å². The first kappa shape index (κ1) is 19.6. The molecular weight excluding hydrogens is 343 g/mol. The lowest BCUT2D eigenvalue weighted by Gasteiger charge is -2.31. The van der Waals surface area contributed by atoms with Gasteiger partial charge in [-0.05, 0) is 43.5 Å². The van der Waals surface area contributed by atoms with Crippen molar-refractivity contribution in [1.29, 1.82) is 0 Å². The van der Waals surface area contributed by atoms with E-state index in [1.54, 1.807) is 6.07 Å². The van der Waals surface area contributed by atoms with Gasteiger partial charge < -0.3 is 5.32 Å². The van der Waals surface area contributed by atoms with E-state index in [4.69, 9.17) is 0 Å². The number of nitrogens with one attached hydrogen (secondary N) is 1. The third-order valence-electron chi connectivity index (χ3n) is 4.30. The average Bonchev–Trinajstić information content (AvgIpc) is 2.54. The van der Waals surface area contributed by atoms with Gasteiger partial charge in [0.2, 0.25) is 5.91 Å². The number of carbonyl (C=O) groups excluding carboxylic acids is 1.